The molecule has 1 rings (SSSR count). The smallest absolute Gasteiger partial charge is 0.0383 e. The van der Waals surface area contributed by atoms with Gasteiger partial charge in [-0.05, 0) is 38.0 Å². The lowest BCUT2D eigenvalue weighted by Gasteiger charge is -2.34. The summed E-state index contributed by atoms with van der Waals surface area (Å²) < 4.78 is 11.1. The van der Waals surface area contributed by atoms with Crippen molar-refractivity contribution in [1.82, 2.24) is 5.32 Å². The van der Waals surface area contributed by atoms with Crippen LogP contribution in [0.3, 0.4) is 0 Å². The fourth-order valence-corrected chi connectivity index (χ4v) is 3.30. The summed E-state index contributed by atoms with van der Waals surface area (Å²) in [4.78, 5) is 0. The first-order chi connectivity index (χ1) is 6.99. The molecule has 2 nitrogen and oxygen atoms in total. The van der Waals surface area contributed by atoms with Crippen LogP contribution in [0.2, 0.25) is 0 Å². The minimum absolute atomic E-state index is 0.390. The number of hydrogen-bond donors (Lipinski definition) is 1. The van der Waals surface area contributed by atoms with Crippen LogP contribution in [0.4, 0.5) is 0 Å². The molecule has 1 saturated carbocycles. The maximum Gasteiger partial charge on any atom is 0.0383 e. The topological polar surface area (TPSA) is 29.1 Å². The maximum absolute atomic E-state index is 11.1. The number of rotatable bonds is 4. The van der Waals surface area contributed by atoms with E-state index >= 15 is 0 Å². The molecule has 0 saturated heterocycles. The predicted molar refractivity (Wildman–Crippen MR) is 67.5 cm³/mol. The number of nitrogens with one attached hydrogen (secondary N) is 1. The third kappa shape index (κ3) is 4.64. The largest absolute Gasteiger partial charge is 0.311 e. The molecular formula is C12H25NOS. The normalized spacial score (nSPS) is 36.1. The monoisotopic (exact) mass is 231 g/mol. The standard InChI is InChI=1S/C12H25NOS/c1-9-5-6-12(7-10(9)2)13-11(3)8-15(4)14/h9-13H,5-8H2,1-4H3/t9-,10-,11-,12-,15+/m1/s1. The highest BCUT2D eigenvalue weighted by molar-refractivity contribution is 7.84. The minimum Gasteiger partial charge on any atom is -0.311 e. The summed E-state index contributed by atoms with van der Waals surface area (Å²) in [5.41, 5.74) is 0. The Morgan fingerprint density at radius 3 is 2.53 bits per heavy atom. The molecular weight excluding hydrogens is 206 g/mol. The van der Waals surface area contributed by atoms with E-state index < -0.39 is 10.8 Å². The van der Waals surface area contributed by atoms with Crippen LogP contribution in [0.5, 0.6) is 0 Å². The van der Waals surface area contributed by atoms with Gasteiger partial charge in [0.2, 0.25) is 0 Å². The summed E-state index contributed by atoms with van der Waals surface area (Å²) >= 11 is 0. The van der Waals surface area contributed by atoms with E-state index in [4.69, 9.17) is 0 Å². The van der Waals surface area contributed by atoms with E-state index in [1.807, 2.05) is 0 Å². The van der Waals surface area contributed by atoms with E-state index in [2.05, 4.69) is 26.1 Å². The lowest BCUT2D eigenvalue weighted by atomic mass is 9.79. The van der Waals surface area contributed by atoms with E-state index in [-0.39, 0.29) is 0 Å². The van der Waals surface area contributed by atoms with Crippen molar-refractivity contribution in [3.63, 3.8) is 0 Å². The Morgan fingerprint density at radius 1 is 1.33 bits per heavy atom. The fraction of sp³-hybridized carbons (Fsp3) is 1.00. The molecule has 3 heteroatoms. The predicted octanol–water partition coefficient (Wildman–Crippen LogP) is 2.17. The third-order valence-corrected chi connectivity index (χ3v) is 4.57. The summed E-state index contributed by atoms with van der Waals surface area (Å²) in [6, 6.07) is 1.04. The van der Waals surface area contributed by atoms with Crippen molar-refractivity contribution in [3.05, 3.63) is 0 Å². The highest BCUT2D eigenvalue weighted by atomic mass is 32.2. The lowest BCUT2D eigenvalue weighted by molar-refractivity contribution is 0.220. The first kappa shape index (κ1) is 13.2. The molecule has 0 aromatic carbocycles. The molecule has 0 heterocycles. The molecule has 0 aromatic rings. The van der Waals surface area contributed by atoms with Gasteiger partial charge in [0.25, 0.3) is 0 Å². The summed E-state index contributed by atoms with van der Waals surface area (Å²) in [7, 11) is -0.678. The van der Waals surface area contributed by atoms with Gasteiger partial charge in [0.1, 0.15) is 0 Å². The van der Waals surface area contributed by atoms with Crippen LogP contribution < -0.4 is 5.32 Å². The second kappa shape index (κ2) is 6.00. The van der Waals surface area contributed by atoms with Crippen molar-refractivity contribution in [2.45, 2.75) is 52.1 Å². The van der Waals surface area contributed by atoms with Crippen molar-refractivity contribution in [3.8, 4) is 0 Å². The molecule has 1 aliphatic carbocycles. The van der Waals surface area contributed by atoms with Gasteiger partial charge in [-0.15, -0.1) is 0 Å². The molecule has 0 unspecified atom stereocenters. The fourth-order valence-electron chi connectivity index (χ4n) is 2.50. The number of hydrogen-bond acceptors (Lipinski definition) is 2. The molecule has 1 N–H and O–H groups in total. The molecule has 15 heavy (non-hydrogen) atoms. The first-order valence-electron chi connectivity index (χ1n) is 6.05. The summed E-state index contributed by atoms with van der Waals surface area (Å²) in [6.45, 7) is 6.84. The van der Waals surface area contributed by atoms with E-state index in [1.54, 1.807) is 6.26 Å². The van der Waals surface area contributed by atoms with Gasteiger partial charge in [-0.2, -0.15) is 0 Å². The van der Waals surface area contributed by atoms with E-state index in [9.17, 15) is 4.21 Å². The van der Waals surface area contributed by atoms with Crippen LogP contribution in [-0.4, -0.2) is 28.3 Å². The lowest BCUT2D eigenvalue weighted by Crippen LogP contribution is -2.43. The Kier molecular flexibility index (Phi) is 5.27. The highest BCUT2D eigenvalue weighted by Crippen LogP contribution is 2.29. The molecule has 0 bridgehead atoms. The van der Waals surface area contributed by atoms with Crippen molar-refractivity contribution in [1.29, 1.82) is 0 Å². The van der Waals surface area contributed by atoms with Crippen LogP contribution in [-0.2, 0) is 10.8 Å². The SMILES string of the molecule is C[C@H](C[S@](C)=O)N[C@@H]1CC[C@@H](C)[C@H](C)C1. The molecule has 0 amide bonds. The second-order valence-corrected chi connectivity index (χ2v) is 6.75. The Balaban J connectivity index is 2.30. The molecule has 0 spiro atoms. The molecule has 0 aromatic heterocycles. The zero-order chi connectivity index (χ0) is 11.4. The Morgan fingerprint density at radius 2 is 2.00 bits per heavy atom. The van der Waals surface area contributed by atoms with Gasteiger partial charge in [-0.25, -0.2) is 0 Å². The van der Waals surface area contributed by atoms with Crippen molar-refractivity contribution >= 4 is 10.8 Å². The molecule has 1 aliphatic rings. The van der Waals surface area contributed by atoms with Crippen molar-refractivity contribution < 1.29 is 4.21 Å². The van der Waals surface area contributed by atoms with Gasteiger partial charge in [-0.3, -0.25) is 4.21 Å². The van der Waals surface area contributed by atoms with Crippen molar-refractivity contribution in [2.24, 2.45) is 11.8 Å². The van der Waals surface area contributed by atoms with Crippen LogP contribution in [0.15, 0.2) is 0 Å². The molecule has 5 atom stereocenters. The van der Waals surface area contributed by atoms with Gasteiger partial charge in [0.15, 0.2) is 0 Å². The van der Waals surface area contributed by atoms with Crippen LogP contribution >= 0.6 is 0 Å². The summed E-state index contributed by atoms with van der Waals surface area (Å²) in [6.07, 6.45) is 5.68. The average molecular weight is 231 g/mol. The van der Waals surface area contributed by atoms with E-state index in [1.165, 1.54) is 19.3 Å². The zero-order valence-corrected chi connectivity index (χ0v) is 11.3. The second-order valence-electron chi connectivity index (χ2n) is 5.27. The molecule has 0 aliphatic heterocycles. The van der Waals surface area contributed by atoms with E-state index in [0.717, 1.165) is 17.6 Å². The first-order valence-corrected chi connectivity index (χ1v) is 7.77. The Bertz CT molecular complexity index is 220. The molecule has 1 fully saturated rings. The maximum atomic E-state index is 11.1. The van der Waals surface area contributed by atoms with Gasteiger partial charge < -0.3 is 5.32 Å². The van der Waals surface area contributed by atoms with Crippen LogP contribution in [0, 0.1) is 11.8 Å². The van der Waals surface area contributed by atoms with Crippen LogP contribution in [0.25, 0.3) is 0 Å². The van der Waals surface area contributed by atoms with Crippen molar-refractivity contribution in [2.75, 3.05) is 12.0 Å². The minimum atomic E-state index is -0.678. The summed E-state index contributed by atoms with van der Waals surface area (Å²) in [5, 5.41) is 3.61. The Hall–Kier alpha value is 0.110. The van der Waals surface area contributed by atoms with Gasteiger partial charge >= 0.3 is 0 Å². The van der Waals surface area contributed by atoms with Crippen LogP contribution in [0.1, 0.15) is 40.0 Å². The summed E-state index contributed by atoms with van der Waals surface area (Å²) in [5.74, 6) is 2.48. The van der Waals surface area contributed by atoms with Gasteiger partial charge in [-0.1, -0.05) is 13.8 Å². The highest BCUT2D eigenvalue weighted by Gasteiger charge is 2.25. The Labute approximate surface area is 96.7 Å². The van der Waals surface area contributed by atoms with Gasteiger partial charge in [0, 0.05) is 34.9 Å². The quantitative estimate of drug-likeness (QED) is 0.803. The van der Waals surface area contributed by atoms with Gasteiger partial charge in [0.05, 0.1) is 0 Å². The molecule has 90 valence electrons. The average Bonchev–Trinajstić information content (AvgIpc) is 2.10. The zero-order valence-electron chi connectivity index (χ0n) is 10.5. The molecule has 0 radical (unpaired) electrons. The third-order valence-electron chi connectivity index (χ3n) is 3.60. The van der Waals surface area contributed by atoms with E-state index in [0.29, 0.717) is 12.1 Å².